The SMILES string of the molecule is O=C(OC(=Cc1nccn1C(=O)c1ccc(Cl)cc1Cl)c1ccc(Cl)cc1Cl)c1ccc(Cl)cc1Cl. The second-order valence-corrected chi connectivity index (χ2v) is 9.76. The van der Waals surface area contributed by atoms with E-state index in [0.29, 0.717) is 20.6 Å². The van der Waals surface area contributed by atoms with Gasteiger partial charge in [-0.15, -0.1) is 0 Å². The first-order valence-electron chi connectivity index (χ1n) is 10.0. The molecular formula is C25H12Cl6N2O3. The highest BCUT2D eigenvalue weighted by molar-refractivity contribution is 6.38. The minimum absolute atomic E-state index is 0.00450. The van der Waals surface area contributed by atoms with Gasteiger partial charge in [0, 0.05) is 39.1 Å². The third-order valence-corrected chi connectivity index (χ3v) is 6.50. The van der Waals surface area contributed by atoms with Crippen molar-refractivity contribution in [2.45, 2.75) is 0 Å². The Balaban J connectivity index is 1.79. The lowest BCUT2D eigenvalue weighted by Gasteiger charge is -2.13. The molecule has 0 spiro atoms. The van der Waals surface area contributed by atoms with Crippen LogP contribution in [0.15, 0.2) is 67.0 Å². The normalized spacial score (nSPS) is 11.4. The fourth-order valence-electron chi connectivity index (χ4n) is 3.16. The Morgan fingerprint density at radius 3 is 1.75 bits per heavy atom. The number of ether oxygens (including phenoxy) is 1. The first-order chi connectivity index (χ1) is 17.1. The number of hydrogen-bond acceptors (Lipinski definition) is 4. The minimum Gasteiger partial charge on any atom is -0.422 e. The monoisotopic (exact) mass is 598 g/mol. The molecule has 0 amide bonds. The van der Waals surface area contributed by atoms with E-state index in [0.717, 1.165) is 0 Å². The first-order valence-corrected chi connectivity index (χ1v) is 12.3. The highest BCUT2D eigenvalue weighted by atomic mass is 35.5. The van der Waals surface area contributed by atoms with Gasteiger partial charge in [0.05, 0.1) is 26.2 Å². The van der Waals surface area contributed by atoms with Crippen molar-refractivity contribution in [3.63, 3.8) is 0 Å². The third-order valence-electron chi connectivity index (χ3n) is 4.86. The summed E-state index contributed by atoms with van der Waals surface area (Å²) in [6, 6.07) is 13.5. The van der Waals surface area contributed by atoms with E-state index in [2.05, 4.69) is 4.98 Å². The molecular weight excluding hydrogens is 589 g/mol. The number of aromatic nitrogens is 2. The third kappa shape index (κ3) is 5.89. The smallest absolute Gasteiger partial charge is 0.345 e. The zero-order valence-electron chi connectivity index (χ0n) is 17.8. The zero-order valence-corrected chi connectivity index (χ0v) is 22.4. The largest absolute Gasteiger partial charge is 0.422 e. The van der Waals surface area contributed by atoms with E-state index in [9.17, 15) is 9.59 Å². The molecule has 0 atom stereocenters. The second kappa shape index (κ2) is 11.3. The van der Waals surface area contributed by atoms with Crippen LogP contribution >= 0.6 is 69.6 Å². The standard InChI is InChI=1S/C25H12Cl6N2O3/c26-13-1-4-16(19(29)9-13)22(36-25(35)18-6-3-15(28)11-21(18)31)12-23-32-7-8-33(23)24(34)17-5-2-14(27)10-20(17)30/h1-12H. The van der Waals surface area contributed by atoms with Crippen LogP contribution in [0.1, 0.15) is 32.1 Å². The van der Waals surface area contributed by atoms with Crippen LogP contribution in [0, 0.1) is 0 Å². The molecule has 0 fully saturated rings. The van der Waals surface area contributed by atoms with E-state index in [1.807, 2.05) is 0 Å². The number of carbonyl (C=O) groups excluding carboxylic acids is 2. The van der Waals surface area contributed by atoms with Gasteiger partial charge in [-0.2, -0.15) is 0 Å². The summed E-state index contributed by atoms with van der Waals surface area (Å²) < 4.78 is 6.91. The maximum absolute atomic E-state index is 13.2. The van der Waals surface area contributed by atoms with E-state index < -0.39 is 11.9 Å². The number of nitrogens with zero attached hydrogens (tertiary/aromatic N) is 2. The van der Waals surface area contributed by atoms with Gasteiger partial charge >= 0.3 is 5.97 Å². The average molecular weight is 601 g/mol. The molecule has 0 aliphatic carbocycles. The molecule has 1 aromatic heterocycles. The summed E-state index contributed by atoms with van der Waals surface area (Å²) in [6.07, 6.45) is 4.24. The Morgan fingerprint density at radius 2 is 1.22 bits per heavy atom. The van der Waals surface area contributed by atoms with E-state index in [1.165, 1.54) is 59.4 Å². The van der Waals surface area contributed by atoms with Crippen molar-refractivity contribution in [2.75, 3.05) is 0 Å². The lowest BCUT2D eigenvalue weighted by atomic mass is 10.1. The predicted octanol–water partition coefficient (Wildman–Crippen LogP) is 8.85. The minimum atomic E-state index is -0.779. The van der Waals surface area contributed by atoms with E-state index >= 15 is 0 Å². The molecule has 182 valence electrons. The molecule has 0 radical (unpaired) electrons. The Bertz CT molecular complexity index is 1530. The number of carbonyl (C=O) groups is 2. The summed E-state index contributed by atoms with van der Waals surface area (Å²) in [6.45, 7) is 0. The molecule has 36 heavy (non-hydrogen) atoms. The predicted molar refractivity (Wildman–Crippen MR) is 145 cm³/mol. The molecule has 5 nitrogen and oxygen atoms in total. The lowest BCUT2D eigenvalue weighted by molar-refractivity contribution is 0.0693. The van der Waals surface area contributed by atoms with Gasteiger partial charge in [-0.3, -0.25) is 9.36 Å². The molecule has 0 N–H and O–H groups in total. The van der Waals surface area contributed by atoms with Crippen molar-refractivity contribution in [3.8, 4) is 0 Å². The summed E-state index contributed by atoms with van der Waals surface area (Å²) in [5, 5.41) is 1.59. The maximum Gasteiger partial charge on any atom is 0.345 e. The van der Waals surface area contributed by atoms with Crippen molar-refractivity contribution >= 4 is 93.3 Å². The second-order valence-electron chi connectivity index (χ2n) is 7.23. The number of esters is 1. The molecule has 0 saturated heterocycles. The average Bonchev–Trinajstić information content (AvgIpc) is 3.26. The molecule has 0 aliphatic heterocycles. The van der Waals surface area contributed by atoms with Gasteiger partial charge in [0.1, 0.15) is 11.6 Å². The highest BCUT2D eigenvalue weighted by Crippen LogP contribution is 2.31. The van der Waals surface area contributed by atoms with Gasteiger partial charge in [0.25, 0.3) is 5.91 Å². The van der Waals surface area contributed by atoms with Crippen LogP contribution in [0.25, 0.3) is 11.8 Å². The molecule has 0 aliphatic rings. The van der Waals surface area contributed by atoms with Gasteiger partial charge in [-0.1, -0.05) is 69.6 Å². The summed E-state index contributed by atoms with van der Waals surface area (Å²) in [4.78, 5) is 30.4. The molecule has 4 aromatic rings. The van der Waals surface area contributed by atoms with Gasteiger partial charge < -0.3 is 4.74 Å². The van der Waals surface area contributed by atoms with Crippen molar-refractivity contribution in [3.05, 3.63) is 120 Å². The summed E-state index contributed by atoms with van der Waals surface area (Å²) in [5.74, 6) is -1.12. The fourth-order valence-corrected chi connectivity index (χ4v) is 4.64. The number of hydrogen-bond donors (Lipinski definition) is 0. The van der Waals surface area contributed by atoms with Crippen LogP contribution in [0.2, 0.25) is 30.1 Å². The van der Waals surface area contributed by atoms with Crippen LogP contribution in [0.5, 0.6) is 0 Å². The number of halogens is 6. The number of imidazole rings is 1. The lowest BCUT2D eigenvalue weighted by Crippen LogP contribution is -2.14. The van der Waals surface area contributed by atoms with E-state index in [-0.39, 0.29) is 37.8 Å². The Hall–Kier alpha value is -2.51. The highest BCUT2D eigenvalue weighted by Gasteiger charge is 2.21. The van der Waals surface area contributed by atoms with E-state index in [4.69, 9.17) is 74.3 Å². The Morgan fingerprint density at radius 1 is 0.722 bits per heavy atom. The van der Waals surface area contributed by atoms with E-state index in [1.54, 1.807) is 18.2 Å². The van der Waals surface area contributed by atoms with Crippen molar-refractivity contribution in [1.29, 1.82) is 0 Å². The number of benzene rings is 3. The first kappa shape index (κ1) is 26.6. The van der Waals surface area contributed by atoms with Crippen molar-refractivity contribution in [1.82, 2.24) is 9.55 Å². The zero-order chi connectivity index (χ0) is 26.0. The summed E-state index contributed by atoms with van der Waals surface area (Å²) >= 11 is 36.7. The Kier molecular flexibility index (Phi) is 8.30. The maximum atomic E-state index is 13.2. The fraction of sp³-hybridized carbons (Fsp3) is 0. The van der Waals surface area contributed by atoms with Crippen LogP contribution in [-0.2, 0) is 4.74 Å². The molecule has 0 saturated carbocycles. The molecule has 0 unspecified atom stereocenters. The quantitative estimate of drug-likeness (QED) is 0.170. The van der Waals surface area contributed by atoms with Gasteiger partial charge in [0.15, 0.2) is 0 Å². The van der Waals surface area contributed by atoms with Crippen LogP contribution in [0.3, 0.4) is 0 Å². The molecule has 0 bridgehead atoms. The van der Waals surface area contributed by atoms with Crippen molar-refractivity contribution < 1.29 is 14.3 Å². The van der Waals surface area contributed by atoms with Crippen LogP contribution in [0.4, 0.5) is 0 Å². The molecule has 1 heterocycles. The molecule has 4 rings (SSSR count). The number of rotatable bonds is 5. The molecule has 3 aromatic carbocycles. The van der Waals surface area contributed by atoms with Gasteiger partial charge in [-0.05, 0) is 54.6 Å². The summed E-state index contributed by atoms with van der Waals surface area (Å²) in [5.41, 5.74) is 0.597. The van der Waals surface area contributed by atoms with Crippen molar-refractivity contribution in [2.24, 2.45) is 0 Å². The van der Waals surface area contributed by atoms with Gasteiger partial charge in [0.2, 0.25) is 0 Å². The van der Waals surface area contributed by atoms with Crippen LogP contribution < -0.4 is 0 Å². The molecule has 11 heteroatoms. The topological polar surface area (TPSA) is 61.2 Å². The van der Waals surface area contributed by atoms with Gasteiger partial charge in [-0.25, -0.2) is 9.78 Å². The van der Waals surface area contributed by atoms with Crippen LogP contribution in [-0.4, -0.2) is 21.4 Å². The Labute approximate surface area is 235 Å². The summed E-state index contributed by atoms with van der Waals surface area (Å²) in [7, 11) is 0.